The lowest BCUT2D eigenvalue weighted by Gasteiger charge is -2.15. The van der Waals surface area contributed by atoms with E-state index in [-0.39, 0.29) is 11.9 Å². The topological polar surface area (TPSA) is 50.4 Å². The fourth-order valence-electron chi connectivity index (χ4n) is 1.29. The lowest BCUT2D eigenvalue weighted by atomic mass is 10.2. The van der Waals surface area contributed by atoms with E-state index in [9.17, 15) is 4.79 Å². The van der Waals surface area contributed by atoms with Crippen molar-refractivity contribution < 1.29 is 9.53 Å². The summed E-state index contributed by atoms with van der Waals surface area (Å²) in [6, 6.07) is -0.125. The van der Waals surface area contributed by atoms with Crippen LogP contribution in [0.3, 0.4) is 0 Å². The quantitative estimate of drug-likeness (QED) is 0.573. The fraction of sp³-hybridized carbons (Fsp3) is 0.923. The van der Waals surface area contributed by atoms with E-state index in [1.807, 2.05) is 6.92 Å². The number of nitrogens with one attached hydrogen (secondary N) is 2. The number of ether oxygens (including phenoxy) is 1. The predicted molar refractivity (Wildman–Crippen MR) is 71.0 cm³/mol. The second-order valence-electron chi connectivity index (χ2n) is 4.78. The monoisotopic (exact) mass is 244 g/mol. The van der Waals surface area contributed by atoms with E-state index in [2.05, 4.69) is 31.4 Å². The Kier molecular flexibility index (Phi) is 10.2. The van der Waals surface area contributed by atoms with Crippen LogP contribution in [0.2, 0.25) is 0 Å². The molecule has 0 aliphatic rings. The van der Waals surface area contributed by atoms with Gasteiger partial charge in [0.25, 0.3) is 0 Å². The highest BCUT2D eigenvalue weighted by molar-refractivity contribution is 5.81. The molecule has 0 aliphatic heterocycles. The highest BCUT2D eigenvalue weighted by Gasteiger charge is 2.11. The third-order valence-corrected chi connectivity index (χ3v) is 2.34. The molecule has 0 aromatic heterocycles. The Morgan fingerprint density at radius 3 is 2.53 bits per heavy atom. The van der Waals surface area contributed by atoms with Crippen molar-refractivity contribution in [3.05, 3.63) is 0 Å². The van der Waals surface area contributed by atoms with Crippen LogP contribution in [-0.2, 0) is 9.53 Å². The zero-order chi connectivity index (χ0) is 13.1. The highest BCUT2D eigenvalue weighted by Crippen LogP contribution is 1.90. The first-order valence-corrected chi connectivity index (χ1v) is 6.66. The van der Waals surface area contributed by atoms with Crippen LogP contribution in [0.5, 0.6) is 0 Å². The van der Waals surface area contributed by atoms with Crippen LogP contribution in [0.25, 0.3) is 0 Å². The minimum atomic E-state index is -0.125. The Labute approximate surface area is 105 Å². The van der Waals surface area contributed by atoms with Gasteiger partial charge in [-0.1, -0.05) is 20.8 Å². The van der Waals surface area contributed by atoms with Gasteiger partial charge < -0.3 is 15.4 Å². The molecule has 0 bridgehead atoms. The number of hydrogen-bond acceptors (Lipinski definition) is 3. The van der Waals surface area contributed by atoms with Crippen LogP contribution in [0.15, 0.2) is 0 Å². The summed E-state index contributed by atoms with van der Waals surface area (Å²) in [5, 5.41) is 6.10. The SMILES string of the molecule is CCCOCCCNC(C)C(=O)NCC(C)C. The van der Waals surface area contributed by atoms with Crippen molar-refractivity contribution in [3.8, 4) is 0 Å². The zero-order valence-electron chi connectivity index (χ0n) is 11.7. The van der Waals surface area contributed by atoms with Crippen LogP contribution in [0, 0.1) is 5.92 Å². The molecule has 1 unspecified atom stereocenters. The number of rotatable bonds is 10. The van der Waals surface area contributed by atoms with E-state index in [0.29, 0.717) is 5.92 Å². The number of carbonyl (C=O) groups excluding carboxylic acids is 1. The smallest absolute Gasteiger partial charge is 0.236 e. The fourth-order valence-corrected chi connectivity index (χ4v) is 1.29. The molecule has 0 saturated heterocycles. The van der Waals surface area contributed by atoms with E-state index in [4.69, 9.17) is 4.74 Å². The summed E-state index contributed by atoms with van der Waals surface area (Å²) in [7, 11) is 0. The van der Waals surface area contributed by atoms with Gasteiger partial charge in [-0.2, -0.15) is 0 Å². The predicted octanol–water partition coefficient (Wildman–Crippen LogP) is 1.55. The van der Waals surface area contributed by atoms with Crippen molar-refractivity contribution in [1.29, 1.82) is 0 Å². The molecule has 0 rings (SSSR count). The third kappa shape index (κ3) is 10.3. The minimum Gasteiger partial charge on any atom is -0.381 e. The van der Waals surface area contributed by atoms with Gasteiger partial charge in [0.15, 0.2) is 0 Å². The molecule has 0 radical (unpaired) electrons. The van der Waals surface area contributed by atoms with E-state index < -0.39 is 0 Å². The van der Waals surface area contributed by atoms with Crippen LogP contribution in [0.4, 0.5) is 0 Å². The summed E-state index contributed by atoms with van der Waals surface area (Å²) < 4.78 is 5.36. The first-order valence-electron chi connectivity index (χ1n) is 6.66. The van der Waals surface area contributed by atoms with Crippen molar-refractivity contribution in [3.63, 3.8) is 0 Å². The molecule has 17 heavy (non-hydrogen) atoms. The lowest BCUT2D eigenvalue weighted by Crippen LogP contribution is -2.43. The molecule has 0 heterocycles. The maximum Gasteiger partial charge on any atom is 0.236 e. The Morgan fingerprint density at radius 2 is 1.94 bits per heavy atom. The normalized spacial score (nSPS) is 12.8. The van der Waals surface area contributed by atoms with Gasteiger partial charge in [-0.05, 0) is 32.2 Å². The molecule has 102 valence electrons. The van der Waals surface area contributed by atoms with Gasteiger partial charge in [0, 0.05) is 19.8 Å². The molecular formula is C13H28N2O2. The molecule has 4 heteroatoms. The number of carbonyl (C=O) groups is 1. The van der Waals surface area contributed by atoms with Crippen molar-refractivity contribution >= 4 is 5.91 Å². The minimum absolute atomic E-state index is 0.0770. The molecule has 1 amide bonds. The third-order valence-electron chi connectivity index (χ3n) is 2.34. The average Bonchev–Trinajstić information content (AvgIpc) is 2.30. The molecule has 4 nitrogen and oxygen atoms in total. The molecule has 0 aliphatic carbocycles. The van der Waals surface area contributed by atoms with E-state index >= 15 is 0 Å². The van der Waals surface area contributed by atoms with Crippen molar-refractivity contribution in [2.45, 2.75) is 46.6 Å². The van der Waals surface area contributed by atoms with Gasteiger partial charge in [0.05, 0.1) is 6.04 Å². The van der Waals surface area contributed by atoms with Gasteiger partial charge in [0.1, 0.15) is 0 Å². The van der Waals surface area contributed by atoms with E-state index in [1.54, 1.807) is 0 Å². The second kappa shape index (κ2) is 10.5. The van der Waals surface area contributed by atoms with Crippen LogP contribution in [0.1, 0.15) is 40.5 Å². The second-order valence-corrected chi connectivity index (χ2v) is 4.78. The van der Waals surface area contributed by atoms with Gasteiger partial charge in [0.2, 0.25) is 5.91 Å². The van der Waals surface area contributed by atoms with Crippen LogP contribution < -0.4 is 10.6 Å². The molecular weight excluding hydrogens is 216 g/mol. The molecule has 0 saturated carbocycles. The average molecular weight is 244 g/mol. The molecule has 0 aromatic carbocycles. The molecule has 2 N–H and O–H groups in total. The summed E-state index contributed by atoms with van der Waals surface area (Å²) in [5.74, 6) is 0.571. The van der Waals surface area contributed by atoms with Gasteiger partial charge >= 0.3 is 0 Å². The summed E-state index contributed by atoms with van der Waals surface area (Å²) >= 11 is 0. The van der Waals surface area contributed by atoms with E-state index in [1.165, 1.54) is 0 Å². The summed E-state index contributed by atoms with van der Waals surface area (Å²) in [4.78, 5) is 11.6. The van der Waals surface area contributed by atoms with E-state index in [0.717, 1.165) is 39.1 Å². The zero-order valence-corrected chi connectivity index (χ0v) is 11.7. The number of amides is 1. The Bertz CT molecular complexity index is 196. The molecule has 0 spiro atoms. The Hall–Kier alpha value is -0.610. The van der Waals surface area contributed by atoms with Crippen molar-refractivity contribution in [2.24, 2.45) is 5.92 Å². The first-order chi connectivity index (χ1) is 8.07. The summed E-state index contributed by atoms with van der Waals surface area (Å²) in [5.41, 5.74) is 0. The number of hydrogen-bond donors (Lipinski definition) is 2. The largest absolute Gasteiger partial charge is 0.381 e. The summed E-state index contributed by atoms with van der Waals surface area (Å²) in [6.07, 6.45) is 2.00. The molecule has 1 atom stereocenters. The maximum absolute atomic E-state index is 11.6. The van der Waals surface area contributed by atoms with Gasteiger partial charge in [-0.3, -0.25) is 4.79 Å². The van der Waals surface area contributed by atoms with Crippen LogP contribution in [-0.4, -0.2) is 38.3 Å². The molecule has 0 fully saturated rings. The summed E-state index contributed by atoms with van der Waals surface area (Å²) in [6.45, 7) is 11.3. The van der Waals surface area contributed by atoms with Gasteiger partial charge in [-0.15, -0.1) is 0 Å². The van der Waals surface area contributed by atoms with Crippen molar-refractivity contribution in [1.82, 2.24) is 10.6 Å². The highest BCUT2D eigenvalue weighted by atomic mass is 16.5. The molecule has 0 aromatic rings. The van der Waals surface area contributed by atoms with Crippen molar-refractivity contribution in [2.75, 3.05) is 26.3 Å². The van der Waals surface area contributed by atoms with Gasteiger partial charge in [-0.25, -0.2) is 0 Å². The lowest BCUT2D eigenvalue weighted by molar-refractivity contribution is -0.122. The maximum atomic E-state index is 11.6. The first kappa shape index (κ1) is 16.4. The Morgan fingerprint density at radius 1 is 1.24 bits per heavy atom. The standard InChI is InChI=1S/C13H28N2O2/c1-5-8-17-9-6-7-14-12(4)13(16)15-10-11(2)3/h11-12,14H,5-10H2,1-4H3,(H,15,16). The Balaban J connectivity index is 3.44. The van der Waals surface area contributed by atoms with Crippen LogP contribution >= 0.6 is 0 Å².